The van der Waals surface area contributed by atoms with Crippen molar-refractivity contribution in [2.45, 2.75) is 98.3 Å². The van der Waals surface area contributed by atoms with E-state index in [0.29, 0.717) is 5.41 Å². The Morgan fingerprint density at radius 2 is 1.41 bits per heavy atom. The van der Waals surface area contributed by atoms with Gasteiger partial charge in [-0.1, -0.05) is 108 Å². The normalized spacial score (nSPS) is 14.0. The summed E-state index contributed by atoms with van der Waals surface area (Å²) in [6.07, 6.45) is 30.7. The van der Waals surface area contributed by atoms with Gasteiger partial charge in [-0.15, -0.1) is 0 Å². The van der Waals surface area contributed by atoms with Gasteiger partial charge in [-0.25, -0.2) is 0 Å². The quantitative estimate of drug-likeness (QED) is 0.139. The molecule has 0 saturated carbocycles. The van der Waals surface area contributed by atoms with Gasteiger partial charge in [0.15, 0.2) is 0 Å². The first kappa shape index (κ1) is 27.4. The van der Waals surface area contributed by atoms with Gasteiger partial charge in [0.2, 0.25) is 0 Å². The predicted octanol–water partition coefficient (Wildman–Crippen LogP) is 8.36. The molecule has 0 rings (SSSR count). The number of methoxy groups -OCH3 is 1. The van der Waals surface area contributed by atoms with Crippen LogP contribution in [-0.4, -0.2) is 13.1 Å². The maximum atomic E-state index is 11.3. The lowest BCUT2D eigenvalue weighted by Crippen LogP contribution is -2.11. The van der Waals surface area contributed by atoms with Crippen LogP contribution in [0.5, 0.6) is 0 Å². The van der Waals surface area contributed by atoms with Gasteiger partial charge in [-0.05, 0) is 43.9 Å². The molecule has 166 valence electrons. The van der Waals surface area contributed by atoms with E-state index in [2.05, 4.69) is 69.4 Å². The van der Waals surface area contributed by atoms with Crippen molar-refractivity contribution in [1.82, 2.24) is 0 Å². The van der Waals surface area contributed by atoms with Crippen molar-refractivity contribution in [3.63, 3.8) is 0 Å². The third-order valence-electron chi connectivity index (χ3n) is 5.18. The molecule has 0 fully saturated rings. The van der Waals surface area contributed by atoms with Crippen LogP contribution in [-0.2, 0) is 9.53 Å². The first-order valence-corrected chi connectivity index (χ1v) is 11.6. The Kier molecular flexibility index (Phi) is 17.5. The molecule has 0 radical (unpaired) electrons. The molecule has 0 aliphatic rings. The molecule has 2 heteroatoms. The second-order valence-corrected chi connectivity index (χ2v) is 8.68. The van der Waals surface area contributed by atoms with Crippen molar-refractivity contribution in [2.75, 3.05) is 7.11 Å². The smallest absolute Gasteiger partial charge is 0.308 e. The minimum Gasteiger partial charge on any atom is -0.469 e. The van der Waals surface area contributed by atoms with E-state index in [9.17, 15) is 4.79 Å². The van der Waals surface area contributed by atoms with Crippen molar-refractivity contribution in [3.05, 3.63) is 48.6 Å². The number of ether oxygens (including phenoxy) is 1. The molecule has 0 spiro atoms. The molecule has 0 aliphatic heterocycles. The molecular formula is C27H46O2. The Bertz CT molecular complexity index is 509. The minimum absolute atomic E-state index is 0.0178. The van der Waals surface area contributed by atoms with Gasteiger partial charge in [0, 0.05) is 0 Å². The van der Waals surface area contributed by atoms with Crippen molar-refractivity contribution >= 4 is 5.97 Å². The number of carbonyl (C=O) groups is 1. The van der Waals surface area contributed by atoms with Crippen LogP contribution >= 0.6 is 0 Å². The highest BCUT2D eigenvalue weighted by Gasteiger charge is 2.12. The van der Waals surface area contributed by atoms with E-state index in [1.165, 1.54) is 45.6 Å². The highest BCUT2D eigenvalue weighted by atomic mass is 16.5. The summed E-state index contributed by atoms with van der Waals surface area (Å²) in [5, 5.41) is 0. The zero-order valence-corrected chi connectivity index (χ0v) is 19.8. The second-order valence-electron chi connectivity index (χ2n) is 8.68. The van der Waals surface area contributed by atoms with E-state index in [-0.39, 0.29) is 11.9 Å². The average Bonchev–Trinajstić information content (AvgIpc) is 2.70. The number of carbonyl (C=O) groups excluding carboxylic acids is 1. The highest BCUT2D eigenvalue weighted by molar-refractivity contribution is 5.71. The van der Waals surface area contributed by atoms with Gasteiger partial charge in [-0.3, -0.25) is 4.79 Å². The van der Waals surface area contributed by atoms with Crippen molar-refractivity contribution < 1.29 is 9.53 Å². The molecule has 0 aromatic carbocycles. The van der Waals surface area contributed by atoms with Crippen LogP contribution < -0.4 is 0 Å². The van der Waals surface area contributed by atoms with Crippen molar-refractivity contribution in [2.24, 2.45) is 11.3 Å². The average molecular weight is 403 g/mol. The summed E-state index contributed by atoms with van der Waals surface area (Å²) < 4.78 is 4.73. The van der Waals surface area contributed by atoms with Crippen LogP contribution in [0.3, 0.4) is 0 Å². The molecule has 0 saturated heterocycles. The summed E-state index contributed by atoms with van der Waals surface area (Å²) in [6.45, 7) is 8.88. The number of hydrogen-bond acceptors (Lipinski definition) is 2. The molecule has 0 bridgehead atoms. The minimum atomic E-state index is -0.120. The first-order chi connectivity index (χ1) is 13.9. The molecule has 29 heavy (non-hydrogen) atoms. The first-order valence-electron chi connectivity index (χ1n) is 11.6. The van der Waals surface area contributed by atoms with Crippen LogP contribution in [0.15, 0.2) is 48.6 Å². The molecule has 0 aliphatic carbocycles. The van der Waals surface area contributed by atoms with E-state index < -0.39 is 0 Å². The maximum Gasteiger partial charge on any atom is 0.308 e. The molecule has 1 unspecified atom stereocenters. The Morgan fingerprint density at radius 3 is 2.00 bits per heavy atom. The molecule has 0 aromatic heterocycles. The SMILES string of the molecule is CCCCCCCC(C)(C)/C=C\C/C=C\C/C=C\C/C=C\CCC(C)C(=O)OC. The number of rotatable bonds is 17. The topological polar surface area (TPSA) is 26.3 Å². The fourth-order valence-corrected chi connectivity index (χ4v) is 3.15. The van der Waals surface area contributed by atoms with Gasteiger partial charge in [0.25, 0.3) is 0 Å². The summed E-state index contributed by atoms with van der Waals surface area (Å²) >= 11 is 0. The Balaban J connectivity index is 3.77. The lowest BCUT2D eigenvalue weighted by atomic mass is 9.86. The zero-order valence-electron chi connectivity index (χ0n) is 19.8. The van der Waals surface area contributed by atoms with E-state index >= 15 is 0 Å². The highest BCUT2D eigenvalue weighted by Crippen LogP contribution is 2.25. The lowest BCUT2D eigenvalue weighted by Gasteiger charge is -2.19. The number of allylic oxidation sites excluding steroid dienone is 8. The molecule has 2 nitrogen and oxygen atoms in total. The van der Waals surface area contributed by atoms with Gasteiger partial charge in [0.05, 0.1) is 13.0 Å². The molecule has 0 amide bonds. The summed E-state index contributed by atoms with van der Waals surface area (Å²) in [5.74, 6) is -0.137. The van der Waals surface area contributed by atoms with Crippen molar-refractivity contribution in [1.29, 1.82) is 0 Å². The third kappa shape index (κ3) is 18.2. The van der Waals surface area contributed by atoms with Gasteiger partial charge in [-0.2, -0.15) is 0 Å². The van der Waals surface area contributed by atoms with Gasteiger partial charge < -0.3 is 4.74 Å². The fourth-order valence-electron chi connectivity index (χ4n) is 3.15. The fraction of sp³-hybridized carbons (Fsp3) is 0.667. The monoisotopic (exact) mass is 402 g/mol. The summed E-state index contributed by atoms with van der Waals surface area (Å²) in [5.41, 5.74) is 0.320. The van der Waals surface area contributed by atoms with Crippen LogP contribution in [0.25, 0.3) is 0 Å². The molecule has 0 aromatic rings. The van der Waals surface area contributed by atoms with Crippen molar-refractivity contribution in [3.8, 4) is 0 Å². The van der Waals surface area contributed by atoms with Gasteiger partial charge in [0.1, 0.15) is 0 Å². The van der Waals surface area contributed by atoms with Crippen LogP contribution in [0, 0.1) is 11.3 Å². The van der Waals surface area contributed by atoms with E-state index in [1.54, 1.807) is 0 Å². The number of esters is 1. The van der Waals surface area contributed by atoms with Crippen LogP contribution in [0.1, 0.15) is 98.3 Å². The third-order valence-corrected chi connectivity index (χ3v) is 5.18. The Hall–Kier alpha value is -1.57. The second kappa shape index (κ2) is 18.5. The molecular weight excluding hydrogens is 356 g/mol. The van der Waals surface area contributed by atoms with Crippen LogP contribution in [0.4, 0.5) is 0 Å². The number of unbranched alkanes of at least 4 members (excludes halogenated alkanes) is 4. The number of hydrogen-bond donors (Lipinski definition) is 0. The molecule has 0 N–H and O–H groups in total. The Morgan fingerprint density at radius 1 is 0.862 bits per heavy atom. The standard InChI is InChI=1S/C27H46O2/c1-6-7-8-17-20-23-27(3,4)24-21-18-15-13-11-9-10-12-14-16-19-22-25(2)26(28)29-5/h9-10,13-16,21,24-25H,6-8,11-12,17-20,22-23H2,1-5H3/b10-9-,15-13-,16-14-,24-21-. The van der Waals surface area contributed by atoms with Gasteiger partial charge >= 0.3 is 5.97 Å². The van der Waals surface area contributed by atoms with E-state index in [4.69, 9.17) is 4.74 Å². The maximum absolute atomic E-state index is 11.3. The molecule has 0 heterocycles. The summed E-state index contributed by atoms with van der Waals surface area (Å²) in [6, 6.07) is 0. The predicted molar refractivity (Wildman–Crippen MR) is 128 cm³/mol. The Labute approximate surface area is 181 Å². The summed E-state index contributed by atoms with van der Waals surface area (Å²) in [4.78, 5) is 11.3. The van der Waals surface area contributed by atoms with E-state index in [1.807, 2.05) is 6.92 Å². The van der Waals surface area contributed by atoms with E-state index in [0.717, 1.165) is 32.1 Å². The van der Waals surface area contributed by atoms with Crippen LogP contribution in [0.2, 0.25) is 0 Å². The lowest BCUT2D eigenvalue weighted by molar-refractivity contribution is -0.144. The zero-order chi connectivity index (χ0) is 21.8. The molecule has 1 atom stereocenters. The largest absolute Gasteiger partial charge is 0.469 e. The summed E-state index contributed by atoms with van der Waals surface area (Å²) in [7, 11) is 1.45.